The van der Waals surface area contributed by atoms with Crippen molar-refractivity contribution in [3.8, 4) is 0 Å². The molecule has 0 unspecified atom stereocenters. The van der Waals surface area contributed by atoms with Crippen molar-refractivity contribution in [2.45, 2.75) is 0 Å². The first-order chi connectivity index (χ1) is 7.63. The molecule has 2 amide bonds. The molecule has 0 fully saturated rings. The standard InChI is InChI=1S/C9H10ClN3O3/c10-5-6-11-9(14)12-7-1-3-8(4-2-7)13(15)16/h1-4H,5-6H2,(H2,11,12,14). The Hall–Kier alpha value is -1.82. The fourth-order valence-electron chi connectivity index (χ4n) is 1.00. The van der Waals surface area contributed by atoms with E-state index in [0.29, 0.717) is 18.1 Å². The molecular weight excluding hydrogens is 234 g/mol. The van der Waals surface area contributed by atoms with E-state index in [1.165, 1.54) is 24.3 Å². The van der Waals surface area contributed by atoms with Crippen molar-refractivity contribution >= 4 is 29.0 Å². The van der Waals surface area contributed by atoms with Gasteiger partial charge in [-0.15, -0.1) is 11.6 Å². The summed E-state index contributed by atoms with van der Waals surface area (Å²) in [5, 5.41) is 15.4. The lowest BCUT2D eigenvalue weighted by Gasteiger charge is -2.05. The molecule has 0 aliphatic heterocycles. The van der Waals surface area contributed by atoms with E-state index >= 15 is 0 Å². The third-order valence-electron chi connectivity index (χ3n) is 1.72. The number of halogens is 1. The molecule has 2 N–H and O–H groups in total. The number of anilines is 1. The molecule has 0 aliphatic carbocycles. The predicted molar refractivity (Wildman–Crippen MR) is 60.8 cm³/mol. The molecule has 7 heteroatoms. The molecule has 0 saturated heterocycles. The van der Waals surface area contributed by atoms with Crippen LogP contribution in [-0.4, -0.2) is 23.4 Å². The van der Waals surface area contributed by atoms with E-state index in [-0.39, 0.29) is 5.69 Å². The van der Waals surface area contributed by atoms with Crippen LogP contribution in [0.3, 0.4) is 0 Å². The molecular formula is C9H10ClN3O3. The summed E-state index contributed by atoms with van der Waals surface area (Å²) in [6.45, 7) is 0.361. The number of carbonyl (C=O) groups excluding carboxylic acids is 1. The maximum atomic E-state index is 11.2. The monoisotopic (exact) mass is 243 g/mol. The summed E-state index contributed by atoms with van der Waals surface area (Å²) < 4.78 is 0. The molecule has 86 valence electrons. The molecule has 0 heterocycles. The zero-order chi connectivity index (χ0) is 12.0. The molecule has 0 radical (unpaired) electrons. The number of urea groups is 1. The van der Waals surface area contributed by atoms with Crippen LogP contribution in [0, 0.1) is 10.1 Å². The molecule has 0 aliphatic rings. The van der Waals surface area contributed by atoms with Gasteiger partial charge in [0.15, 0.2) is 0 Å². The highest BCUT2D eigenvalue weighted by molar-refractivity contribution is 6.18. The first-order valence-electron chi connectivity index (χ1n) is 4.49. The maximum absolute atomic E-state index is 11.2. The molecule has 1 rings (SSSR count). The zero-order valence-corrected chi connectivity index (χ0v) is 9.03. The van der Waals surface area contributed by atoms with Crippen LogP contribution in [0.4, 0.5) is 16.2 Å². The zero-order valence-electron chi connectivity index (χ0n) is 8.27. The molecule has 0 spiro atoms. The number of nitro groups is 1. The molecule has 0 saturated carbocycles. The first-order valence-corrected chi connectivity index (χ1v) is 5.02. The number of amides is 2. The van der Waals surface area contributed by atoms with E-state index in [1.54, 1.807) is 0 Å². The van der Waals surface area contributed by atoms with Crippen LogP contribution in [-0.2, 0) is 0 Å². The van der Waals surface area contributed by atoms with Crippen LogP contribution >= 0.6 is 11.6 Å². The van der Waals surface area contributed by atoms with Gasteiger partial charge in [-0.1, -0.05) is 0 Å². The number of rotatable bonds is 4. The molecule has 0 bridgehead atoms. The number of hydrogen-bond donors (Lipinski definition) is 2. The minimum absolute atomic E-state index is 0.0216. The van der Waals surface area contributed by atoms with E-state index in [1.807, 2.05) is 0 Å². The average Bonchev–Trinajstić information content (AvgIpc) is 2.27. The van der Waals surface area contributed by atoms with Gasteiger partial charge in [0.1, 0.15) is 0 Å². The third-order valence-corrected chi connectivity index (χ3v) is 1.91. The van der Waals surface area contributed by atoms with Crippen LogP contribution in [0.15, 0.2) is 24.3 Å². The van der Waals surface area contributed by atoms with Crippen molar-refractivity contribution in [1.29, 1.82) is 0 Å². The van der Waals surface area contributed by atoms with E-state index in [4.69, 9.17) is 11.6 Å². The molecule has 1 aromatic rings. The largest absolute Gasteiger partial charge is 0.337 e. The second kappa shape index (κ2) is 5.92. The van der Waals surface area contributed by atoms with Gasteiger partial charge in [-0.25, -0.2) is 4.79 Å². The lowest BCUT2D eigenvalue weighted by Crippen LogP contribution is -2.30. The number of carbonyl (C=O) groups is 1. The molecule has 1 aromatic carbocycles. The summed E-state index contributed by atoms with van der Waals surface area (Å²) >= 11 is 5.39. The SMILES string of the molecule is O=C(NCCCl)Nc1ccc([N+](=O)[O-])cc1. The van der Waals surface area contributed by atoms with Gasteiger partial charge < -0.3 is 10.6 Å². The fourth-order valence-corrected chi connectivity index (χ4v) is 1.10. The van der Waals surface area contributed by atoms with Crippen molar-refractivity contribution in [2.24, 2.45) is 0 Å². The van der Waals surface area contributed by atoms with Gasteiger partial charge in [-0.2, -0.15) is 0 Å². The van der Waals surface area contributed by atoms with Crippen molar-refractivity contribution in [3.05, 3.63) is 34.4 Å². The van der Waals surface area contributed by atoms with E-state index in [2.05, 4.69) is 10.6 Å². The number of nitro benzene ring substituents is 1. The predicted octanol–water partition coefficient (Wildman–Crippen LogP) is 1.96. The number of nitrogens with zero attached hydrogens (tertiary/aromatic N) is 1. The minimum atomic E-state index is -0.503. The van der Waals surface area contributed by atoms with E-state index in [0.717, 1.165) is 0 Å². The van der Waals surface area contributed by atoms with Crippen LogP contribution in [0.5, 0.6) is 0 Å². The van der Waals surface area contributed by atoms with Crippen molar-refractivity contribution in [1.82, 2.24) is 5.32 Å². The fraction of sp³-hybridized carbons (Fsp3) is 0.222. The summed E-state index contributed by atoms with van der Waals surface area (Å²) in [6, 6.07) is 5.15. The number of hydrogen-bond acceptors (Lipinski definition) is 3. The Morgan fingerprint density at radius 2 is 2.00 bits per heavy atom. The normalized spacial score (nSPS) is 9.56. The van der Waals surface area contributed by atoms with Gasteiger partial charge >= 0.3 is 6.03 Å². The van der Waals surface area contributed by atoms with Gasteiger partial charge in [0.2, 0.25) is 0 Å². The van der Waals surface area contributed by atoms with Gasteiger partial charge in [-0.3, -0.25) is 10.1 Å². The number of alkyl halides is 1. The molecule has 0 aromatic heterocycles. The summed E-state index contributed by atoms with van der Waals surface area (Å²) in [4.78, 5) is 21.0. The Kier molecular flexibility index (Phi) is 4.53. The van der Waals surface area contributed by atoms with Crippen molar-refractivity contribution < 1.29 is 9.72 Å². The van der Waals surface area contributed by atoms with Crippen molar-refractivity contribution in [3.63, 3.8) is 0 Å². The maximum Gasteiger partial charge on any atom is 0.319 e. The number of nitrogens with one attached hydrogen (secondary N) is 2. The van der Waals surface area contributed by atoms with Gasteiger partial charge in [-0.05, 0) is 12.1 Å². The third kappa shape index (κ3) is 3.74. The quantitative estimate of drug-likeness (QED) is 0.482. The highest BCUT2D eigenvalue weighted by atomic mass is 35.5. The summed E-state index contributed by atoms with van der Waals surface area (Å²) in [5.41, 5.74) is 0.462. The summed E-state index contributed by atoms with van der Waals surface area (Å²) in [6.07, 6.45) is 0. The highest BCUT2D eigenvalue weighted by Crippen LogP contribution is 2.14. The van der Waals surface area contributed by atoms with Gasteiger partial charge in [0.25, 0.3) is 5.69 Å². The minimum Gasteiger partial charge on any atom is -0.337 e. The Bertz CT molecular complexity index is 380. The lowest BCUT2D eigenvalue weighted by atomic mass is 10.3. The van der Waals surface area contributed by atoms with Crippen LogP contribution < -0.4 is 10.6 Å². The van der Waals surface area contributed by atoms with Crippen LogP contribution in [0.1, 0.15) is 0 Å². The van der Waals surface area contributed by atoms with Gasteiger partial charge in [0.05, 0.1) is 4.92 Å². The Morgan fingerprint density at radius 3 is 2.50 bits per heavy atom. The molecule has 16 heavy (non-hydrogen) atoms. The highest BCUT2D eigenvalue weighted by Gasteiger charge is 2.05. The Morgan fingerprint density at radius 1 is 1.38 bits per heavy atom. The van der Waals surface area contributed by atoms with E-state index < -0.39 is 11.0 Å². The average molecular weight is 244 g/mol. The summed E-state index contributed by atoms with van der Waals surface area (Å²) in [7, 11) is 0. The first kappa shape index (κ1) is 12.3. The van der Waals surface area contributed by atoms with Crippen LogP contribution in [0.25, 0.3) is 0 Å². The topological polar surface area (TPSA) is 84.3 Å². The Labute approximate surface area is 96.7 Å². The van der Waals surface area contributed by atoms with Crippen molar-refractivity contribution in [2.75, 3.05) is 17.7 Å². The van der Waals surface area contributed by atoms with E-state index in [9.17, 15) is 14.9 Å². The lowest BCUT2D eigenvalue weighted by molar-refractivity contribution is -0.384. The number of non-ortho nitro benzene ring substituents is 1. The molecule has 0 atom stereocenters. The second-order valence-corrected chi connectivity index (χ2v) is 3.25. The van der Waals surface area contributed by atoms with Crippen LogP contribution in [0.2, 0.25) is 0 Å². The number of benzene rings is 1. The Balaban J connectivity index is 2.55. The van der Waals surface area contributed by atoms with Gasteiger partial charge in [0, 0.05) is 30.2 Å². The molecule has 6 nitrogen and oxygen atoms in total. The smallest absolute Gasteiger partial charge is 0.319 e. The summed E-state index contributed by atoms with van der Waals surface area (Å²) in [5.74, 6) is 0.327. The second-order valence-electron chi connectivity index (χ2n) is 2.87.